The average molecular weight is 283 g/mol. The van der Waals surface area contributed by atoms with Crippen LogP contribution in [0.4, 0.5) is 5.69 Å². The number of benzene rings is 1. The molecule has 0 fully saturated rings. The Hall–Kier alpha value is -2.58. The van der Waals surface area contributed by atoms with Gasteiger partial charge in [-0.1, -0.05) is 12.1 Å². The summed E-state index contributed by atoms with van der Waals surface area (Å²) < 4.78 is 0. The summed E-state index contributed by atoms with van der Waals surface area (Å²) in [5.74, 6) is 0.107. The summed E-state index contributed by atoms with van der Waals surface area (Å²) in [7, 11) is 0. The maximum Gasteiger partial charge on any atom is 0.142 e. The van der Waals surface area contributed by atoms with Crippen molar-refractivity contribution >= 4 is 5.69 Å². The molecule has 0 aliphatic heterocycles. The van der Waals surface area contributed by atoms with Crippen molar-refractivity contribution in [2.45, 2.75) is 26.5 Å². The predicted octanol–water partition coefficient (Wildman–Crippen LogP) is 2.27. The molecule has 2 rings (SSSR count). The smallest absolute Gasteiger partial charge is 0.142 e. The molecule has 0 aliphatic carbocycles. The normalized spacial score (nSPS) is 10.1. The van der Waals surface area contributed by atoms with Crippen molar-refractivity contribution in [3.8, 4) is 11.8 Å². The quantitative estimate of drug-likeness (QED) is 0.783. The lowest BCUT2D eigenvalue weighted by atomic mass is 10.1. The summed E-state index contributed by atoms with van der Waals surface area (Å²) >= 11 is 0. The molecule has 1 heterocycles. The van der Waals surface area contributed by atoms with Gasteiger partial charge in [0.2, 0.25) is 0 Å². The van der Waals surface area contributed by atoms with Crippen LogP contribution in [0.5, 0.6) is 5.75 Å². The van der Waals surface area contributed by atoms with E-state index in [0.717, 1.165) is 11.3 Å². The van der Waals surface area contributed by atoms with E-state index in [2.05, 4.69) is 16.4 Å². The highest BCUT2D eigenvalue weighted by atomic mass is 16.3. The van der Waals surface area contributed by atoms with Crippen LogP contribution < -0.4 is 5.32 Å². The van der Waals surface area contributed by atoms with Crippen molar-refractivity contribution in [1.29, 1.82) is 5.26 Å². The first-order chi connectivity index (χ1) is 10.2. The van der Waals surface area contributed by atoms with Gasteiger partial charge in [0.1, 0.15) is 5.75 Å². The van der Waals surface area contributed by atoms with Crippen molar-refractivity contribution in [3.63, 3.8) is 0 Å². The third kappa shape index (κ3) is 3.50. The van der Waals surface area contributed by atoms with E-state index < -0.39 is 0 Å². The van der Waals surface area contributed by atoms with E-state index in [0.29, 0.717) is 29.8 Å². The predicted molar refractivity (Wildman–Crippen MR) is 79.6 cm³/mol. The molecule has 1 aromatic heterocycles. The van der Waals surface area contributed by atoms with Crippen molar-refractivity contribution in [2.75, 3.05) is 5.32 Å². The number of nitrogens with one attached hydrogen (secondary N) is 1. The first-order valence-electron chi connectivity index (χ1n) is 6.62. The maximum atomic E-state index is 10.1. The minimum absolute atomic E-state index is 0.107. The molecule has 0 saturated heterocycles. The average Bonchev–Trinajstić information content (AvgIpc) is 2.50. The molecule has 0 saturated carbocycles. The van der Waals surface area contributed by atoms with Gasteiger partial charge in [-0.05, 0) is 24.6 Å². The van der Waals surface area contributed by atoms with Gasteiger partial charge in [0.15, 0.2) is 0 Å². The Morgan fingerprint density at radius 2 is 2.00 bits per heavy atom. The summed E-state index contributed by atoms with van der Waals surface area (Å²) in [5.41, 5.74) is 3.63. The number of nitrogens with zero attached hydrogens (tertiary/aromatic N) is 2. The molecule has 0 spiro atoms. The van der Waals surface area contributed by atoms with Gasteiger partial charge in [-0.25, -0.2) is 0 Å². The Bertz CT molecular complexity index is 660. The van der Waals surface area contributed by atoms with E-state index in [1.54, 1.807) is 13.1 Å². The largest absolute Gasteiger partial charge is 0.506 e. The van der Waals surface area contributed by atoms with Crippen LogP contribution in [-0.4, -0.2) is 15.2 Å². The summed E-state index contributed by atoms with van der Waals surface area (Å²) in [6.07, 6.45) is 1.96. The first-order valence-corrected chi connectivity index (χ1v) is 6.62. The molecular weight excluding hydrogens is 266 g/mol. The van der Waals surface area contributed by atoms with Crippen LogP contribution >= 0.6 is 0 Å². The van der Waals surface area contributed by atoms with Crippen LogP contribution in [0, 0.1) is 18.3 Å². The number of aliphatic hydroxyl groups is 1. The number of aromatic nitrogens is 1. The van der Waals surface area contributed by atoms with Gasteiger partial charge in [0.05, 0.1) is 24.8 Å². The van der Waals surface area contributed by atoms with E-state index in [1.807, 2.05) is 24.3 Å². The van der Waals surface area contributed by atoms with Crippen LogP contribution in [0.3, 0.4) is 0 Å². The monoisotopic (exact) mass is 283 g/mol. The summed E-state index contributed by atoms with van der Waals surface area (Å²) in [5, 5.41) is 31.2. The Morgan fingerprint density at radius 1 is 1.29 bits per heavy atom. The van der Waals surface area contributed by atoms with Crippen molar-refractivity contribution in [2.24, 2.45) is 0 Å². The topological polar surface area (TPSA) is 89.2 Å². The van der Waals surface area contributed by atoms with E-state index in [-0.39, 0.29) is 12.4 Å². The number of nitriles is 1. The molecular formula is C16H17N3O2. The fourth-order valence-corrected chi connectivity index (χ4v) is 2.04. The molecule has 0 unspecified atom stereocenters. The molecule has 0 radical (unpaired) electrons. The van der Waals surface area contributed by atoms with Gasteiger partial charge >= 0.3 is 0 Å². The van der Waals surface area contributed by atoms with Crippen LogP contribution in [0.1, 0.15) is 22.4 Å². The lowest BCUT2D eigenvalue weighted by Gasteiger charge is -2.13. The van der Waals surface area contributed by atoms with Gasteiger partial charge in [0, 0.05) is 29.6 Å². The van der Waals surface area contributed by atoms with E-state index in [9.17, 15) is 10.2 Å². The highest BCUT2D eigenvalue weighted by Gasteiger charge is 2.11. The second kappa shape index (κ2) is 6.73. The molecule has 3 N–H and O–H groups in total. The van der Waals surface area contributed by atoms with E-state index in [1.165, 1.54) is 0 Å². The zero-order valence-corrected chi connectivity index (χ0v) is 11.8. The second-order valence-electron chi connectivity index (χ2n) is 4.74. The number of hydrogen-bond acceptors (Lipinski definition) is 5. The van der Waals surface area contributed by atoms with Crippen LogP contribution in [0.25, 0.3) is 0 Å². The minimum atomic E-state index is -0.168. The lowest BCUT2D eigenvalue weighted by molar-refractivity contribution is 0.279. The van der Waals surface area contributed by atoms with Crippen molar-refractivity contribution in [3.05, 3.63) is 52.8 Å². The van der Waals surface area contributed by atoms with Gasteiger partial charge in [-0.3, -0.25) is 4.98 Å². The first kappa shape index (κ1) is 14.8. The number of anilines is 1. The van der Waals surface area contributed by atoms with Crippen LogP contribution in [0.15, 0.2) is 30.5 Å². The fraction of sp³-hybridized carbons (Fsp3) is 0.250. The molecule has 0 aliphatic rings. The van der Waals surface area contributed by atoms with E-state index in [4.69, 9.17) is 5.26 Å². The number of rotatable bonds is 5. The SMILES string of the molecule is Cc1ncc(CO)c(CNc2ccc(CC#N)cc2)c1O. The number of aryl methyl sites for hydroxylation is 1. The molecule has 0 atom stereocenters. The van der Waals surface area contributed by atoms with Crippen molar-refractivity contribution in [1.82, 2.24) is 4.98 Å². The summed E-state index contributed by atoms with van der Waals surface area (Å²) in [6.45, 7) is 1.94. The van der Waals surface area contributed by atoms with Gasteiger partial charge in [0.25, 0.3) is 0 Å². The Morgan fingerprint density at radius 3 is 2.62 bits per heavy atom. The highest BCUT2D eigenvalue weighted by molar-refractivity contribution is 5.48. The molecule has 21 heavy (non-hydrogen) atoms. The summed E-state index contributed by atoms with van der Waals surface area (Å²) in [4.78, 5) is 4.03. The maximum absolute atomic E-state index is 10.1. The molecule has 108 valence electrons. The fourth-order valence-electron chi connectivity index (χ4n) is 2.04. The Kier molecular flexibility index (Phi) is 4.75. The lowest BCUT2D eigenvalue weighted by Crippen LogP contribution is -2.05. The molecule has 0 bridgehead atoms. The van der Waals surface area contributed by atoms with Gasteiger partial charge in [-0.2, -0.15) is 5.26 Å². The Balaban J connectivity index is 2.13. The Labute approximate surface area is 123 Å². The standard InChI is InChI=1S/C16H17N3O2/c1-11-16(21)15(13(10-20)8-18-11)9-19-14-4-2-12(3-5-14)6-7-17/h2-5,8,19-21H,6,9-10H2,1H3. The van der Waals surface area contributed by atoms with Crippen LogP contribution in [-0.2, 0) is 19.6 Å². The molecule has 2 aromatic rings. The summed E-state index contributed by atoms with van der Waals surface area (Å²) in [6, 6.07) is 9.64. The second-order valence-corrected chi connectivity index (χ2v) is 4.74. The molecule has 5 heteroatoms. The number of hydrogen-bond donors (Lipinski definition) is 3. The zero-order valence-electron chi connectivity index (χ0n) is 11.8. The third-order valence-electron chi connectivity index (χ3n) is 3.31. The number of aliphatic hydroxyl groups excluding tert-OH is 1. The van der Waals surface area contributed by atoms with Gasteiger partial charge < -0.3 is 15.5 Å². The minimum Gasteiger partial charge on any atom is -0.506 e. The van der Waals surface area contributed by atoms with Gasteiger partial charge in [-0.15, -0.1) is 0 Å². The van der Waals surface area contributed by atoms with Crippen molar-refractivity contribution < 1.29 is 10.2 Å². The molecule has 5 nitrogen and oxygen atoms in total. The molecule has 0 amide bonds. The third-order valence-corrected chi connectivity index (χ3v) is 3.31. The zero-order chi connectivity index (χ0) is 15.2. The highest BCUT2D eigenvalue weighted by Crippen LogP contribution is 2.25. The number of aromatic hydroxyl groups is 1. The number of pyridine rings is 1. The van der Waals surface area contributed by atoms with Crippen LogP contribution in [0.2, 0.25) is 0 Å². The molecule has 1 aromatic carbocycles. The van der Waals surface area contributed by atoms with E-state index >= 15 is 0 Å².